The topological polar surface area (TPSA) is 237 Å². The van der Waals surface area contributed by atoms with Crippen molar-refractivity contribution in [2.75, 3.05) is 39.6 Å². The van der Waals surface area contributed by atoms with E-state index in [1.54, 1.807) is 0 Å². The molecule has 0 saturated heterocycles. The highest BCUT2D eigenvalue weighted by molar-refractivity contribution is 7.47. The van der Waals surface area contributed by atoms with Crippen LogP contribution in [0.3, 0.4) is 0 Å². The zero-order valence-electron chi connectivity index (χ0n) is 49.1. The summed E-state index contributed by atoms with van der Waals surface area (Å²) in [4.78, 5) is 71.6. The minimum Gasteiger partial charge on any atom is -0.462 e. The van der Waals surface area contributed by atoms with Crippen molar-refractivity contribution in [2.24, 2.45) is 0 Å². The maximum absolute atomic E-state index is 12.9. The number of allylic oxidation sites excluding steroid dienone is 4. The Bertz CT molecular complexity index is 1610. The largest absolute Gasteiger partial charge is 0.472 e. The molecule has 19 heteroatoms. The smallest absolute Gasteiger partial charge is 0.462 e. The molecule has 0 saturated carbocycles. The predicted molar refractivity (Wildman–Crippen MR) is 308 cm³/mol. The molecule has 0 fully saturated rings. The lowest BCUT2D eigenvalue weighted by Gasteiger charge is -2.21. The number of aliphatic hydroxyl groups is 1. The average molecular weight is 1150 g/mol. The molecule has 0 aromatic heterocycles. The fourth-order valence-electron chi connectivity index (χ4n) is 8.21. The van der Waals surface area contributed by atoms with Gasteiger partial charge in [0.05, 0.1) is 26.4 Å². The van der Waals surface area contributed by atoms with Crippen LogP contribution in [0.1, 0.15) is 272 Å². The summed E-state index contributed by atoms with van der Waals surface area (Å²) in [6.07, 6.45) is 40.1. The number of phosphoric acid groups is 2. The molecule has 0 aliphatic rings. The molecule has 0 aliphatic heterocycles. The summed E-state index contributed by atoms with van der Waals surface area (Å²) in [7, 11) is -9.87. The van der Waals surface area contributed by atoms with Crippen LogP contribution in [0.5, 0.6) is 0 Å². The van der Waals surface area contributed by atoms with Gasteiger partial charge in [0.1, 0.15) is 19.3 Å². The third kappa shape index (κ3) is 52.9. The third-order valence-corrected chi connectivity index (χ3v) is 14.9. The number of ether oxygens (including phenoxy) is 4. The maximum atomic E-state index is 12.9. The van der Waals surface area contributed by atoms with Gasteiger partial charge < -0.3 is 33.8 Å². The molecule has 0 heterocycles. The van der Waals surface area contributed by atoms with Crippen LogP contribution in [0.15, 0.2) is 24.3 Å². The van der Waals surface area contributed by atoms with Gasteiger partial charge in [-0.2, -0.15) is 0 Å². The molecule has 0 aromatic rings. The van der Waals surface area contributed by atoms with E-state index in [4.69, 9.17) is 37.0 Å². The molecule has 0 bridgehead atoms. The number of rotatable bonds is 58. The van der Waals surface area contributed by atoms with E-state index in [0.29, 0.717) is 25.7 Å². The minimum atomic E-state index is -4.94. The summed E-state index contributed by atoms with van der Waals surface area (Å²) in [6.45, 7) is 4.67. The average Bonchev–Trinajstić information content (AvgIpc) is 3.41. The minimum absolute atomic E-state index is 0.0850. The molecule has 0 radical (unpaired) electrons. The van der Waals surface area contributed by atoms with E-state index in [1.165, 1.54) is 83.5 Å². The van der Waals surface area contributed by atoms with E-state index in [9.17, 15) is 43.2 Å². The van der Waals surface area contributed by atoms with Crippen molar-refractivity contribution < 1.29 is 80.2 Å². The van der Waals surface area contributed by atoms with Crippen molar-refractivity contribution >= 4 is 39.5 Å². The van der Waals surface area contributed by atoms with Crippen LogP contribution in [0.2, 0.25) is 0 Å². The van der Waals surface area contributed by atoms with Gasteiger partial charge >= 0.3 is 39.5 Å². The Kier molecular flexibility index (Phi) is 52.1. The lowest BCUT2D eigenvalue weighted by Crippen LogP contribution is -2.30. The second-order valence-corrected chi connectivity index (χ2v) is 23.6. The van der Waals surface area contributed by atoms with Crippen LogP contribution in [0.25, 0.3) is 0 Å². The van der Waals surface area contributed by atoms with Gasteiger partial charge in [-0.3, -0.25) is 37.3 Å². The van der Waals surface area contributed by atoms with E-state index in [0.717, 1.165) is 109 Å². The molecule has 0 spiro atoms. The number of esters is 4. The highest BCUT2D eigenvalue weighted by atomic mass is 31.2. The number of hydrogen-bond donors (Lipinski definition) is 3. The van der Waals surface area contributed by atoms with Crippen molar-refractivity contribution in [2.45, 2.75) is 290 Å². The van der Waals surface area contributed by atoms with Gasteiger partial charge in [-0.25, -0.2) is 9.13 Å². The molecule has 458 valence electrons. The molecule has 0 rings (SSSR count). The van der Waals surface area contributed by atoms with Crippen LogP contribution in [0.4, 0.5) is 0 Å². The Labute approximate surface area is 472 Å². The zero-order valence-corrected chi connectivity index (χ0v) is 50.9. The summed E-state index contributed by atoms with van der Waals surface area (Å²) in [5.74, 6) is -2.18. The highest BCUT2D eigenvalue weighted by Crippen LogP contribution is 2.45. The first-order valence-corrected chi connectivity index (χ1v) is 33.6. The van der Waals surface area contributed by atoms with Crippen molar-refractivity contribution in [1.82, 2.24) is 0 Å². The number of aliphatic hydroxyl groups excluding tert-OH is 1. The molecule has 17 nitrogen and oxygen atoms in total. The van der Waals surface area contributed by atoms with Crippen molar-refractivity contribution in [1.29, 1.82) is 0 Å². The summed E-state index contributed by atoms with van der Waals surface area (Å²) in [5, 5.41) is 10.5. The molecule has 0 amide bonds. The number of phosphoric ester groups is 2. The van der Waals surface area contributed by atoms with E-state index < -0.39 is 97.5 Å². The quantitative estimate of drug-likeness (QED) is 0.0169. The highest BCUT2D eigenvalue weighted by Gasteiger charge is 2.30. The van der Waals surface area contributed by atoms with Gasteiger partial charge in [0.2, 0.25) is 0 Å². The van der Waals surface area contributed by atoms with E-state index in [-0.39, 0.29) is 25.7 Å². The summed E-state index contributed by atoms with van der Waals surface area (Å²) in [5.41, 5.74) is 0. The Balaban J connectivity index is 5.20. The first kappa shape index (κ1) is 75.5. The Morgan fingerprint density at radius 1 is 0.359 bits per heavy atom. The van der Waals surface area contributed by atoms with Gasteiger partial charge in [-0.1, -0.05) is 219 Å². The van der Waals surface area contributed by atoms with Crippen LogP contribution < -0.4 is 0 Å². The summed E-state index contributed by atoms with van der Waals surface area (Å²) in [6, 6.07) is 0. The van der Waals surface area contributed by atoms with Crippen LogP contribution >= 0.6 is 15.6 Å². The normalized spacial score (nSPS) is 14.5. The Morgan fingerprint density at radius 3 is 0.936 bits per heavy atom. The molecule has 2 unspecified atom stereocenters. The summed E-state index contributed by atoms with van der Waals surface area (Å²) >= 11 is 0. The Morgan fingerprint density at radius 2 is 0.615 bits per heavy atom. The standard InChI is InChI=1S/C59H110O17P2/c1-5-9-13-17-20-23-24-25-26-27-28-31-34-38-42-46-59(64)76-55(50-70-57(62)44-40-36-32-29-21-18-14-10-6-2)52-74-78(67,68)72-48-53(60)47-71-77(65,66)73-51-54(49-69-56(61)43-39-35-16-12-8-4)75-58(63)45-41-37-33-30-22-19-15-11-7-3/h23-26,53-55,60H,5-22,27-52H2,1-4H3,(H,65,66)(H,67,68)/b24-23-,26-25-/t53-,54+,55+/m0/s1. The maximum Gasteiger partial charge on any atom is 0.472 e. The lowest BCUT2D eigenvalue weighted by molar-refractivity contribution is -0.161. The van der Waals surface area contributed by atoms with Crippen LogP contribution in [0, 0.1) is 0 Å². The molecule has 5 atom stereocenters. The zero-order chi connectivity index (χ0) is 57.6. The second-order valence-electron chi connectivity index (χ2n) is 20.7. The second kappa shape index (κ2) is 53.8. The van der Waals surface area contributed by atoms with E-state index >= 15 is 0 Å². The van der Waals surface area contributed by atoms with Crippen LogP contribution in [-0.2, 0) is 65.4 Å². The number of carbonyl (C=O) groups is 4. The van der Waals surface area contributed by atoms with Crippen molar-refractivity contribution in [3.05, 3.63) is 24.3 Å². The van der Waals surface area contributed by atoms with E-state index in [2.05, 4.69) is 52.0 Å². The van der Waals surface area contributed by atoms with Gasteiger partial charge in [0, 0.05) is 25.7 Å². The van der Waals surface area contributed by atoms with Gasteiger partial charge in [-0.15, -0.1) is 0 Å². The molecule has 0 aromatic carbocycles. The number of unbranched alkanes of at least 4 members (excludes halogenated alkanes) is 29. The molecule has 0 aliphatic carbocycles. The SMILES string of the molecule is CCCCCC/C=C\C=C/CCCCCCCC(=O)O[C@H](COC(=O)CCCCCCCCCCC)COP(=O)(O)OC[C@@H](O)COP(=O)(O)OC[C@@H](COC(=O)CCCCCCC)OC(=O)CCCCCCCCCCC. The van der Waals surface area contributed by atoms with Crippen molar-refractivity contribution in [3.8, 4) is 0 Å². The number of hydrogen-bond acceptors (Lipinski definition) is 15. The fraction of sp³-hybridized carbons (Fsp3) is 0.864. The van der Waals surface area contributed by atoms with Crippen LogP contribution in [-0.4, -0.2) is 96.7 Å². The molecular formula is C59H110O17P2. The molecular weight excluding hydrogens is 1040 g/mol. The van der Waals surface area contributed by atoms with Gasteiger partial charge in [0.15, 0.2) is 12.2 Å². The lowest BCUT2D eigenvalue weighted by atomic mass is 10.1. The fourth-order valence-corrected chi connectivity index (χ4v) is 9.79. The third-order valence-electron chi connectivity index (χ3n) is 13.0. The summed E-state index contributed by atoms with van der Waals surface area (Å²) < 4.78 is 67.5. The van der Waals surface area contributed by atoms with E-state index in [1.807, 2.05) is 0 Å². The van der Waals surface area contributed by atoms with Crippen molar-refractivity contribution in [3.63, 3.8) is 0 Å². The van der Waals surface area contributed by atoms with Gasteiger partial charge in [0.25, 0.3) is 0 Å². The Hall–Kier alpha value is -2.46. The number of carbonyl (C=O) groups excluding carboxylic acids is 4. The molecule has 78 heavy (non-hydrogen) atoms. The predicted octanol–water partition coefficient (Wildman–Crippen LogP) is 15.5. The first-order valence-electron chi connectivity index (χ1n) is 30.6. The monoisotopic (exact) mass is 1150 g/mol. The molecule has 3 N–H and O–H groups in total. The van der Waals surface area contributed by atoms with Gasteiger partial charge in [-0.05, 0) is 51.4 Å². The first-order chi connectivity index (χ1) is 37.7.